The van der Waals surface area contributed by atoms with Crippen LogP contribution in [0.1, 0.15) is 49.1 Å². The van der Waals surface area contributed by atoms with Gasteiger partial charge in [-0.05, 0) is 62.7 Å². The van der Waals surface area contributed by atoms with E-state index in [9.17, 15) is 4.79 Å². The second-order valence-corrected chi connectivity index (χ2v) is 9.37. The van der Waals surface area contributed by atoms with Gasteiger partial charge >= 0.3 is 5.97 Å². The molecule has 2 atom stereocenters. The number of rotatable bonds is 11. The molecule has 0 spiro atoms. The molecule has 4 rings (SSSR count). The van der Waals surface area contributed by atoms with Gasteiger partial charge in [-0.25, -0.2) is 0 Å². The molecule has 1 saturated carbocycles. The Kier molecular flexibility index (Phi) is 8.73. The molecule has 37 heavy (non-hydrogen) atoms. The fraction of sp³-hybridized carbons (Fsp3) is 0.273. The normalized spacial score (nSPS) is 17.4. The van der Waals surface area contributed by atoms with E-state index in [1.54, 1.807) is 0 Å². The number of carbonyl (C=O) groups is 1. The van der Waals surface area contributed by atoms with Crippen LogP contribution >= 0.6 is 0 Å². The zero-order valence-electron chi connectivity index (χ0n) is 21.9. The van der Waals surface area contributed by atoms with E-state index in [1.165, 1.54) is 5.56 Å². The first-order valence-electron chi connectivity index (χ1n) is 13.0. The van der Waals surface area contributed by atoms with Crippen LogP contribution in [0.3, 0.4) is 0 Å². The van der Waals surface area contributed by atoms with Gasteiger partial charge in [-0.15, -0.1) is 0 Å². The number of nitrogens with zero attached hydrogens (tertiary/aromatic N) is 1. The number of allylic oxidation sites excluding steroid dienone is 6. The second kappa shape index (κ2) is 12.4. The molecule has 1 aliphatic rings. The van der Waals surface area contributed by atoms with Gasteiger partial charge in [0, 0.05) is 11.1 Å². The summed E-state index contributed by atoms with van der Waals surface area (Å²) in [6.07, 6.45) is 13.2. The van der Waals surface area contributed by atoms with Crippen molar-refractivity contribution in [3.05, 3.63) is 113 Å². The molecule has 0 unspecified atom stereocenters. The molecule has 4 nitrogen and oxygen atoms in total. The Labute approximate surface area is 220 Å². The molecule has 2 aromatic carbocycles. The van der Waals surface area contributed by atoms with Crippen molar-refractivity contribution in [2.75, 3.05) is 6.61 Å². The van der Waals surface area contributed by atoms with Gasteiger partial charge in [0.1, 0.15) is 0 Å². The van der Waals surface area contributed by atoms with Crippen molar-refractivity contribution in [3.8, 4) is 11.3 Å². The fourth-order valence-corrected chi connectivity index (χ4v) is 4.49. The molecule has 1 fully saturated rings. The zero-order valence-corrected chi connectivity index (χ0v) is 21.9. The van der Waals surface area contributed by atoms with Crippen LogP contribution in [0.4, 0.5) is 0 Å². The van der Waals surface area contributed by atoms with Gasteiger partial charge in [-0.2, -0.15) is 0 Å². The maximum Gasteiger partial charge on any atom is 0.309 e. The number of aryl methyl sites for hydroxylation is 2. The summed E-state index contributed by atoms with van der Waals surface area (Å²) in [7, 11) is 0. The highest BCUT2D eigenvalue weighted by atomic mass is 16.5. The number of benzene rings is 2. The van der Waals surface area contributed by atoms with E-state index in [1.807, 2.05) is 32.9 Å². The minimum Gasteiger partial charge on any atom is -0.466 e. The van der Waals surface area contributed by atoms with E-state index >= 15 is 0 Å². The number of esters is 1. The predicted molar refractivity (Wildman–Crippen MR) is 151 cm³/mol. The molecule has 0 aliphatic heterocycles. The van der Waals surface area contributed by atoms with Crippen LogP contribution in [0.2, 0.25) is 0 Å². The molecule has 0 radical (unpaired) electrons. The first-order chi connectivity index (χ1) is 18.0. The molecule has 0 amide bonds. The van der Waals surface area contributed by atoms with Crippen molar-refractivity contribution in [3.63, 3.8) is 0 Å². The predicted octanol–water partition coefficient (Wildman–Crippen LogP) is 8.01. The summed E-state index contributed by atoms with van der Waals surface area (Å²) in [6.45, 7) is 10.4. The summed E-state index contributed by atoms with van der Waals surface area (Å²) in [4.78, 5) is 11.9. The van der Waals surface area contributed by atoms with Crippen molar-refractivity contribution in [2.45, 2.75) is 40.0 Å². The molecule has 1 aliphatic carbocycles. The highest BCUT2D eigenvalue weighted by Gasteiger charge is 2.45. The van der Waals surface area contributed by atoms with Gasteiger partial charge in [0.25, 0.3) is 0 Å². The molecule has 190 valence electrons. The lowest BCUT2D eigenvalue weighted by molar-refractivity contribution is -0.144. The van der Waals surface area contributed by atoms with Crippen LogP contribution in [-0.2, 0) is 16.0 Å². The lowest BCUT2D eigenvalue weighted by atomic mass is 9.99. The van der Waals surface area contributed by atoms with Crippen molar-refractivity contribution < 1.29 is 14.1 Å². The lowest BCUT2D eigenvalue weighted by Gasteiger charge is -2.05. The van der Waals surface area contributed by atoms with E-state index in [0.29, 0.717) is 6.61 Å². The molecular formula is C33H35NO3. The number of hydrogen-bond donors (Lipinski definition) is 0. The summed E-state index contributed by atoms with van der Waals surface area (Å²) in [5.41, 5.74) is 7.38. The summed E-state index contributed by atoms with van der Waals surface area (Å²) in [5.74, 6) is 0.809. The number of ether oxygens (including phenoxy) is 1. The Bertz CT molecular complexity index is 1310. The van der Waals surface area contributed by atoms with Gasteiger partial charge < -0.3 is 9.26 Å². The van der Waals surface area contributed by atoms with Gasteiger partial charge in [0.2, 0.25) is 0 Å². The fourth-order valence-electron chi connectivity index (χ4n) is 4.49. The molecule has 0 saturated heterocycles. The average molecular weight is 494 g/mol. The molecular weight excluding hydrogens is 458 g/mol. The standard InChI is InChI=1S/C33H35NO3/c1-5-26(17-16-23(3)30-22-31(30)33(35)36-6-2)27-18-20-28(21-19-27)32-29(24(4)34-37-32)15-11-10-14-25-12-8-7-9-13-25/h5,7-9,11-13,15-21,30-31H,3,6,10,14,22H2,1-2,4H3/b15-11+,17-16-,26-5+/t30-,31-/m1/s1. The average Bonchev–Trinajstić information content (AvgIpc) is 3.65. The molecule has 1 heterocycles. The molecule has 0 bridgehead atoms. The maximum atomic E-state index is 11.9. The Morgan fingerprint density at radius 1 is 1.11 bits per heavy atom. The van der Waals surface area contributed by atoms with Crippen LogP contribution in [0.25, 0.3) is 23.0 Å². The Balaban J connectivity index is 1.40. The van der Waals surface area contributed by atoms with Gasteiger partial charge in [0.05, 0.1) is 18.2 Å². The summed E-state index contributed by atoms with van der Waals surface area (Å²) in [5, 5.41) is 4.21. The molecule has 1 aromatic heterocycles. The van der Waals surface area contributed by atoms with Crippen molar-refractivity contribution in [1.82, 2.24) is 5.16 Å². The first-order valence-corrected chi connectivity index (χ1v) is 13.0. The van der Waals surface area contributed by atoms with Crippen LogP contribution in [-0.4, -0.2) is 17.7 Å². The summed E-state index contributed by atoms with van der Waals surface area (Å²) >= 11 is 0. The first kappa shape index (κ1) is 26.2. The van der Waals surface area contributed by atoms with E-state index in [-0.39, 0.29) is 17.8 Å². The van der Waals surface area contributed by atoms with E-state index in [4.69, 9.17) is 9.26 Å². The van der Waals surface area contributed by atoms with Crippen LogP contribution in [0.15, 0.2) is 95.6 Å². The number of carbonyl (C=O) groups excluding carboxylic acids is 1. The van der Waals surface area contributed by atoms with E-state index in [2.05, 4.69) is 84.6 Å². The Morgan fingerprint density at radius 3 is 2.57 bits per heavy atom. The van der Waals surface area contributed by atoms with Crippen LogP contribution in [0.5, 0.6) is 0 Å². The molecule has 3 aromatic rings. The van der Waals surface area contributed by atoms with Gasteiger partial charge in [-0.1, -0.05) is 102 Å². The third-order valence-corrected chi connectivity index (χ3v) is 6.76. The third-order valence-electron chi connectivity index (χ3n) is 6.76. The maximum absolute atomic E-state index is 11.9. The van der Waals surface area contributed by atoms with E-state index < -0.39 is 0 Å². The van der Waals surface area contributed by atoms with Crippen molar-refractivity contribution in [2.24, 2.45) is 11.8 Å². The Morgan fingerprint density at radius 2 is 1.86 bits per heavy atom. The minimum absolute atomic E-state index is 0.0441. The van der Waals surface area contributed by atoms with Crippen LogP contribution < -0.4 is 0 Å². The topological polar surface area (TPSA) is 52.3 Å². The lowest BCUT2D eigenvalue weighted by Crippen LogP contribution is -2.07. The van der Waals surface area contributed by atoms with Crippen LogP contribution in [0, 0.1) is 18.8 Å². The second-order valence-electron chi connectivity index (χ2n) is 9.37. The highest BCUT2D eigenvalue weighted by Crippen LogP contribution is 2.45. The SMILES string of the molecule is C=C(/C=C\C(=C/C)c1ccc(-c2onc(C)c2/C=C/CCc2ccccc2)cc1)[C@H]1C[C@H]1C(=O)OCC. The van der Waals surface area contributed by atoms with Gasteiger partial charge in [0.15, 0.2) is 5.76 Å². The smallest absolute Gasteiger partial charge is 0.309 e. The summed E-state index contributed by atoms with van der Waals surface area (Å²) in [6, 6.07) is 18.8. The quantitative estimate of drug-likeness (QED) is 0.200. The Hall–Kier alpha value is -3.92. The minimum atomic E-state index is -0.114. The number of aromatic nitrogens is 1. The summed E-state index contributed by atoms with van der Waals surface area (Å²) < 4.78 is 10.8. The van der Waals surface area contributed by atoms with Crippen molar-refractivity contribution in [1.29, 1.82) is 0 Å². The van der Waals surface area contributed by atoms with Crippen molar-refractivity contribution >= 4 is 17.6 Å². The largest absolute Gasteiger partial charge is 0.466 e. The van der Waals surface area contributed by atoms with Gasteiger partial charge in [-0.3, -0.25) is 4.79 Å². The zero-order chi connectivity index (χ0) is 26.2. The monoisotopic (exact) mass is 493 g/mol. The van der Waals surface area contributed by atoms with E-state index in [0.717, 1.165) is 58.6 Å². The highest BCUT2D eigenvalue weighted by molar-refractivity contribution is 5.79. The molecule has 0 N–H and O–H groups in total. The third kappa shape index (κ3) is 6.65. The molecule has 4 heteroatoms. The number of hydrogen-bond acceptors (Lipinski definition) is 4.